The first-order valence-corrected chi connectivity index (χ1v) is 7.85. The number of amides is 2. The molecule has 1 atom stereocenters. The largest absolute Gasteiger partial charge is 0.467 e. The van der Waals surface area contributed by atoms with Crippen molar-refractivity contribution in [3.8, 4) is 0 Å². The molecule has 0 N–H and O–H groups in total. The molecule has 2 heterocycles. The first-order chi connectivity index (χ1) is 11.2. The van der Waals surface area contributed by atoms with E-state index in [1.165, 1.54) is 0 Å². The van der Waals surface area contributed by atoms with Crippen LogP contribution in [0.1, 0.15) is 19.1 Å². The van der Waals surface area contributed by atoms with Gasteiger partial charge in [-0.15, -0.1) is 0 Å². The van der Waals surface area contributed by atoms with Crippen LogP contribution >= 0.6 is 0 Å². The number of carbonyl (C=O) groups is 2. The van der Waals surface area contributed by atoms with E-state index in [0.29, 0.717) is 19.6 Å². The fraction of sp³-hybridized carbons (Fsp3) is 0.333. The predicted octanol–water partition coefficient (Wildman–Crippen LogP) is 2.68. The molecule has 0 saturated carbocycles. The molecular weight excluding hydrogens is 292 g/mol. The average molecular weight is 312 g/mol. The van der Waals surface area contributed by atoms with Gasteiger partial charge in [0.2, 0.25) is 11.8 Å². The van der Waals surface area contributed by atoms with Crippen LogP contribution in [0.25, 0.3) is 0 Å². The number of hydrogen-bond donors (Lipinski definition) is 0. The number of para-hydroxylation sites is 1. The second-order valence-corrected chi connectivity index (χ2v) is 5.67. The van der Waals surface area contributed by atoms with Crippen molar-refractivity contribution in [3.05, 3.63) is 54.5 Å². The van der Waals surface area contributed by atoms with Gasteiger partial charge in [-0.25, -0.2) is 0 Å². The maximum atomic E-state index is 13.0. The van der Waals surface area contributed by atoms with Gasteiger partial charge in [-0.3, -0.25) is 9.59 Å². The molecule has 1 saturated heterocycles. The minimum Gasteiger partial charge on any atom is -0.467 e. The number of benzene rings is 1. The number of nitrogens with zero attached hydrogens (tertiary/aromatic N) is 2. The molecule has 120 valence electrons. The van der Waals surface area contributed by atoms with Gasteiger partial charge >= 0.3 is 0 Å². The fourth-order valence-corrected chi connectivity index (χ4v) is 2.93. The summed E-state index contributed by atoms with van der Waals surface area (Å²) >= 11 is 0. The van der Waals surface area contributed by atoms with E-state index in [4.69, 9.17) is 4.42 Å². The molecule has 1 unspecified atom stereocenters. The molecule has 3 rings (SSSR count). The highest BCUT2D eigenvalue weighted by molar-refractivity contribution is 5.98. The van der Waals surface area contributed by atoms with Crippen LogP contribution in [-0.4, -0.2) is 29.8 Å². The van der Waals surface area contributed by atoms with Crippen LogP contribution in [0.4, 0.5) is 5.69 Å². The second-order valence-electron chi connectivity index (χ2n) is 5.67. The summed E-state index contributed by atoms with van der Waals surface area (Å²) < 4.78 is 5.39. The Kier molecular flexibility index (Phi) is 4.46. The topological polar surface area (TPSA) is 53.8 Å². The van der Waals surface area contributed by atoms with E-state index in [1.807, 2.05) is 43.3 Å². The van der Waals surface area contributed by atoms with Gasteiger partial charge < -0.3 is 14.2 Å². The molecule has 23 heavy (non-hydrogen) atoms. The minimum absolute atomic E-state index is 0.0306. The molecule has 0 radical (unpaired) electrons. The molecule has 1 aromatic heterocycles. The number of carbonyl (C=O) groups excluding carboxylic acids is 2. The van der Waals surface area contributed by atoms with Crippen molar-refractivity contribution in [2.45, 2.75) is 19.9 Å². The lowest BCUT2D eigenvalue weighted by atomic mass is 10.1. The normalized spacial score (nSPS) is 17.5. The Morgan fingerprint density at radius 1 is 1.26 bits per heavy atom. The number of hydrogen-bond acceptors (Lipinski definition) is 3. The molecular formula is C18H20N2O3. The maximum absolute atomic E-state index is 13.0. The van der Waals surface area contributed by atoms with Crippen LogP contribution in [0, 0.1) is 5.92 Å². The minimum atomic E-state index is -0.294. The van der Waals surface area contributed by atoms with Crippen molar-refractivity contribution in [1.82, 2.24) is 4.90 Å². The summed E-state index contributed by atoms with van der Waals surface area (Å²) in [6.45, 7) is 3.44. The Morgan fingerprint density at radius 3 is 2.65 bits per heavy atom. The molecule has 0 aliphatic carbocycles. The summed E-state index contributed by atoms with van der Waals surface area (Å²) in [4.78, 5) is 28.4. The monoisotopic (exact) mass is 312 g/mol. The van der Waals surface area contributed by atoms with Gasteiger partial charge in [0.25, 0.3) is 0 Å². The zero-order chi connectivity index (χ0) is 16.2. The van der Waals surface area contributed by atoms with Crippen LogP contribution in [0.15, 0.2) is 53.1 Å². The van der Waals surface area contributed by atoms with Gasteiger partial charge in [0.1, 0.15) is 5.76 Å². The smallest absolute Gasteiger partial charge is 0.232 e. The lowest BCUT2D eigenvalue weighted by molar-refractivity contribution is -0.128. The van der Waals surface area contributed by atoms with Crippen LogP contribution in [0.2, 0.25) is 0 Å². The van der Waals surface area contributed by atoms with Gasteiger partial charge in [0.15, 0.2) is 0 Å². The van der Waals surface area contributed by atoms with E-state index >= 15 is 0 Å². The van der Waals surface area contributed by atoms with E-state index in [1.54, 1.807) is 22.1 Å². The summed E-state index contributed by atoms with van der Waals surface area (Å²) in [6, 6.07) is 13.2. The molecule has 2 amide bonds. The fourth-order valence-electron chi connectivity index (χ4n) is 2.93. The van der Waals surface area contributed by atoms with Gasteiger partial charge in [-0.05, 0) is 31.2 Å². The van der Waals surface area contributed by atoms with Crippen molar-refractivity contribution in [2.24, 2.45) is 5.92 Å². The SMILES string of the molecule is CCN1CC(C(=O)N(Cc2ccco2)c2ccccc2)CC1=O. The van der Waals surface area contributed by atoms with Crippen LogP contribution < -0.4 is 4.90 Å². The summed E-state index contributed by atoms with van der Waals surface area (Å²) in [5.41, 5.74) is 0.816. The standard InChI is InChI=1S/C18H20N2O3/c1-2-19-12-14(11-17(19)21)18(22)20(13-16-9-6-10-23-16)15-7-4-3-5-8-15/h3-10,14H,2,11-13H2,1H3. The Bertz CT molecular complexity index is 667. The first kappa shape index (κ1) is 15.3. The van der Waals surface area contributed by atoms with E-state index < -0.39 is 0 Å². The van der Waals surface area contributed by atoms with Crippen molar-refractivity contribution < 1.29 is 14.0 Å². The maximum Gasteiger partial charge on any atom is 0.232 e. The van der Waals surface area contributed by atoms with E-state index in [9.17, 15) is 9.59 Å². The quantitative estimate of drug-likeness (QED) is 0.853. The third-order valence-electron chi connectivity index (χ3n) is 4.17. The second kappa shape index (κ2) is 6.69. The predicted molar refractivity (Wildman–Crippen MR) is 86.7 cm³/mol. The molecule has 1 aliphatic rings. The Balaban J connectivity index is 1.83. The Labute approximate surface area is 135 Å². The van der Waals surface area contributed by atoms with Crippen LogP contribution in [-0.2, 0) is 16.1 Å². The molecule has 1 aliphatic heterocycles. The van der Waals surface area contributed by atoms with Crippen molar-refractivity contribution in [2.75, 3.05) is 18.0 Å². The molecule has 0 spiro atoms. The first-order valence-electron chi connectivity index (χ1n) is 7.85. The van der Waals surface area contributed by atoms with Crippen molar-refractivity contribution in [3.63, 3.8) is 0 Å². The molecule has 5 nitrogen and oxygen atoms in total. The Morgan fingerprint density at radius 2 is 2.04 bits per heavy atom. The van der Waals surface area contributed by atoms with Crippen molar-refractivity contribution in [1.29, 1.82) is 0 Å². The summed E-state index contributed by atoms with van der Waals surface area (Å²) in [5, 5.41) is 0. The van der Waals surface area contributed by atoms with Gasteiger partial charge in [-0.2, -0.15) is 0 Å². The molecule has 1 aromatic carbocycles. The lowest BCUT2D eigenvalue weighted by Crippen LogP contribution is -2.37. The highest BCUT2D eigenvalue weighted by Crippen LogP contribution is 2.25. The van der Waals surface area contributed by atoms with Gasteiger partial charge in [0.05, 0.1) is 18.7 Å². The summed E-state index contributed by atoms with van der Waals surface area (Å²) in [6.07, 6.45) is 1.88. The van der Waals surface area contributed by atoms with E-state index in [-0.39, 0.29) is 24.2 Å². The highest BCUT2D eigenvalue weighted by atomic mass is 16.3. The van der Waals surface area contributed by atoms with Gasteiger partial charge in [0, 0.05) is 25.2 Å². The number of likely N-dealkylation sites (tertiary alicyclic amines) is 1. The molecule has 5 heteroatoms. The van der Waals surface area contributed by atoms with Gasteiger partial charge in [-0.1, -0.05) is 18.2 Å². The average Bonchev–Trinajstić information content (AvgIpc) is 3.22. The van der Waals surface area contributed by atoms with Crippen molar-refractivity contribution >= 4 is 17.5 Å². The summed E-state index contributed by atoms with van der Waals surface area (Å²) in [7, 11) is 0. The third-order valence-corrected chi connectivity index (χ3v) is 4.17. The molecule has 2 aromatic rings. The third kappa shape index (κ3) is 3.28. The van der Waals surface area contributed by atoms with Crippen LogP contribution in [0.5, 0.6) is 0 Å². The Hall–Kier alpha value is -2.56. The van der Waals surface area contributed by atoms with E-state index in [2.05, 4.69) is 0 Å². The summed E-state index contributed by atoms with van der Waals surface area (Å²) in [5.74, 6) is 0.449. The number of rotatable bonds is 5. The van der Waals surface area contributed by atoms with E-state index in [0.717, 1.165) is 11.4 Å². The zero-order valence-corrected chi connectivity index (χ0v) is 13.1. The van der Waals surface area contributed by atoms with Crippen LogP contribution in [0.3, 0.4) is 0 Å². The zero-order valence-electron chi connectivity index (χ0n) is 13.1. The lowest BCUT2D eigenvalue weighted by Gasteiger charge is -2.25. The number of anilines is 1. The molecule has 0 bridgehead atoms. The number of furan rings is 1. The highest BCUT2D eigenvalue weighted by Gasteiger charge is 2.36. The molecule has 1 fully saturated rings.